The van der Waals surface area contributed by atoms with Gasteiger partial charge in [-0.15, -0.1) is 0 Å². The van der Waals surface area contributed by atoms with Crippen LogP contribution in [0, 0.1) is 11.3 Å². The Kier molecular flexibility index (Phi) is 2.99. The minimum Gasteiger partial charge on any atom is -0.481 e. The van der Waals surface area contributed by atoms with E-state index in [1.807, 2.05) is 6.07 Å². The lowest BCUT2D eigenvalue weighted by Crippen LogP contribution is -2.37. The quantitative estimate of drug-likeness (QED) is 0.929. The summed E-state index contributed by atoms with van der Waals surface area (Å²) in [6, 6.07) is 3.64. The van der Waals surface area contributed by atoms with Crippen LogP contribution < -0.4 is 0 Å². The van der Waals surface area contributed by atoms with Gasteiger partial charge in [0.1, 0.15) is 0 Å². The van der Waals surface area contributed by atoms with E-state index in [2.05, 4.69) is 4.98 Å². The maximum Gasteiger partial charge on any atom is 0.311 e. The summed E-state index contributed by atoms with van der Waals surface area (Å²) in [5, 5.41) is 9.62. The van der Waals surface area contributed by atoms with Crippen LogP contribution in [0.3, 0.4) is 0 Å². The summed E-state index contributed by atoms with van der Waals surface area (Å²) in [4.78, 5) is 30.5. The molecule has 0 aromatic carbocycles. The second-order valence-electron chi connectivity index (χ2n) is 6.98. The van der Waals surface area contributed by atoms with Gasteiger partial charge in [-0.1, -0.05) is 6.42 Å². The first-order valence-electron chi connectivity index (χ1n) is 8.09. The van der Waals surface area contributed by atoms with Crippen LogP contribution in [0.1, 0.15) is 54.1 Å². The number of aliphatic carboxylic acids is 1. The highest BCUT2D eigenvalue weighted by atomic mass is 16.4. The Bertz CT molecular complexity index is 641. The Labute approximate surface area is 129 Å². The summed E-state index contributed by atoms with van der Waals surface area (Å²) in [5.74, 6) is -0.159. The Morgan fingerprint density at radius 3 is 2.82 bits per heavy atom. The van der Waals surface area contributed by atoms with Crippen molar-refractivity contribution >= 4 is 11.9 Å². The van der Waals surface area contributed by atoms with Gasteiger partial charge >= 0.3 is 5.97 Å². The molecule has 1 aromatic heterocycles. The van der Waals surface area contributed by atoms with E-state index >= 15 is 0 Å². The number of carbonyl (C=O) groups excluding carboxylic acids is 1. The van der Waals surface area contributed by atoms with Gasteiger partial charge in [0, 0.05) is 36.5 Å². The highest BCUT2D eigenvalue weighted by Gasteiger charge is 2.55. The van der Waals surface area contributed by atoms with Crippen molar-refractivity contribution in [2.75, 3.05) is 13.1 Å². The standard InChI is InChI=1S/C17H20N2O3/c20-15(12-5-7-18-14(8-12)11-3-4-11)19-9-13-2-1-6-17(13,10-19)16(21)22/h5,7-8,11,13H,1-4,6,9-10H2,(H,21,22)/t13-,17+/m0/s1. The fourth-order valence-electron chi connectivity index (χ4n) is 4.16. The van der Waals surface area contributed by atoms with E-state index in [0.29, 0.717) is 31.0 Å². The molecule has 3 aliphatic rings. The second kappa shape index (κ2) is 4.80. The van der Waals surface area contributed by atoms with Crippen molar-refractivity contribution in [3.05, 3.63) is 29.6 Å². The molecular formula is C17H20N2O3. The van der Waals surface area contributed by atoms with Crippen molar-refractivity contribution in [3.8, 4) is 0 Å². The molecule has 2 saturated carbocycles. The lowest BCUT2D eigenvalue weighted by Gasteiger charge is -2.23. The maximum absolute atomic E-state index is 12.7. The van der Waals surface area contributed by atoms with E-state index < -0.39 is 11.4 Å². The number of amides is 1. The number of carboxylic acid groups (broad SMARTS) is 1. The molecule has 3 fully saturated rings. The number of pyridine rings is 1. The van der Waals surface area contributed by atoms with Gasteiger partial charge in [0.25, 0.3) is 5.91 Å². The van der Waals surface area contributed by atoms with Gasteiger partial charge in [0.2, 0.25) is 0 Å². The van der Waals surface area contributed by atoms with Crippen molar-refractivity contribution in [1.82, 2.24) is 9.88 Å². The largest absolute Gasteiger partial charge is 0.481 e. The molecule has 0 spiro atoms. The van der Waals surface area contributed by atoms with Crippen molar-refractivity contribution in [2.24, 2.45) is 11.3 Å². The molecular weight excluding hydrogens is 280 g/mol. The van der Waals surface area contributed by atoms with Crippen LogP contribution in [0.2, 0.25) is 0 Å². The molecule has 4 rings (SSSR count). The third-order valence-electron chi connectivity index (χ3n) is 5.61. The summed E-state index contributed by atoms with van der Waals surface area (Å²) in [6.07, 6.45) is 6.57. The lowest BCUT2D eigenvalue weighted by molar-refractivity contribution is -0.149. The molecule has 0 radical (unpaired) electrons. The minimum atomic E-state index is -0.737. The number of nitrogens with zero attached hydrogens (tertiary/aromatic N) is 2. The zero-order chi connectivity index (χ0) is 15.3. The zero-order valence-electron chi connectivity index (χ0n) is 12.5. The molecule has 1 amide bonds. The molecule has 2 aliphatic carbocycles. The fourth-order valence-corrected chi connectivity index (χ4v) is 4.16. The topological polar surface area (TPSA) is 70.5 Å². The molecule has 2 atom stereocenters. The molecule has 0 bridgehead atoms. The Balaban J connectivity index is 1.57. The molecule has 1 aromatic rings. The van der Waals surface area contributed by atoms with Crippen molar-refractivity contribution in [1.29, 1.82) is 0 Å². The van der Waals surface area contributed by atoms with E-state index in [1.54, 1.807) is 17.2 Å². The number of hydrogen-bond donors (Lipinski definition) is 1. The first-order valence-corrected chi connectivity index (χ1v) is 8.09. The first kappa shape index (κ1) is 13.7. The third-order valence-corrected chi connectivity index (χ3v) is 5.61. The molecule has 1 saturated heterocycles. The normalized spacial score (nSPS) is 30.4. The van der Waals surface area contributed by atoms with E-state index in [9.17, 15) is 14.7 Å². The monoisotopic (exact) mass is 300 g/mol. The predicted molar refractivity (Wildman–Crippen MR) is 79.5 cm³/mol. The van der Waals surface area contributed by atoms with Crippen LogP contribution in [-0.2, 0) is 4.79 Å². The number of aromatic nitrogens is 1. The minimum absolute atomic E-state index is 0.0423. The van der Waals surface area contributed by atoms with E-state index in [1.165, 1.54) is 0 Å². The maximum atomic E-state index is 12.7. The van der Waals surface area contributed by atoms with Gasteiger partial charge in [-0.2, -0.15) is 0 Å². The highest BCUT2D eigenvalue weighted by molar-refractivity contribution is 5.95. The van der Waals surface area contributed by atoms with E-state index in [4.69, 9.17) is 0 Å². The average Bonchev–Trinajstić information content (AvgIpc) is 3.17. The van der Waals surface area contributed by atoms with Crippen molar-refractivity contribution in [2.45, 2.75) is 38.0 Å². The average molecular weight is 300 g/mol. The summed E-state index contributed by atoms with van der Waals surface area (Å²) in [5.41, 5.74) is 0.942. The van der Waals surface area contributed by atoms with Gasteiger partial charge < -0.3 is 10.0 Å². The molecule has 5 heteroatoms. The smallest absolute Gasteiger partial charge is 0.311 e. The highest BCUT2D eigenvalue weighted by Crippen LogP contribution is 2.49. The van der Waals surface area contributed by atoms with Gasteiger partial charge in [0.05, 0.1) is 5.41 Å². The van der Waals surface area contributed by atoms with Gasteiger partial charge in [-0.05, 0) is 43.7 Å². The SMILES string of the molecule is O=C(c1ccnc(C2CC2)c1)N1C[C@@H]2CCC[C@@]2(C(=O)O)C1. The van der Waals surface area contributed by atoms with Gasteiger partial charge in [0.15, 0.2) is 0 Å². The molecule has 1 aliphatic heterocycles. The Hall–Kier alpha value is -1.91. The van der Waals surface area contributed by atoms with Crippen molar-refractivity contribution in [3.63, 3.8) is 0 Å². The summed E-state index contributed by atoms with van der Waals surface area (Å²) < 4.78 is 0. The lowest BCUT2D eigenvalue weighted by atomic mass is 9.81. The zero-order valence-corrected chi connectivity index (χ0v) is 12.5. The van der Waals surface area contributed by atoms with Crippen LogP contribution in [0.4, 0.5) is 0 Å². The second-order valence-corrected chi connectivity index (χ2v) is 6.98. The third kappa shape index (κ3) is 2.02. The number of rotatable bonds is 3. The number of carboxylic acids is 1. The number of fused-ring (bicyclic) bond motifs is 1. The summed E-state index contributed by atoms with van der Waals surface area (Å²) in [6.45, 7) is 0.930. The number of likely N-dealkylation sites (tertiary alicyclic amines) is 1. The fraction of sp³-hybridized carbons (Fsp3) is 0.588. The summed E-state index contributed by atoms with van der Waals surface area (Å²) in [7, 11) is 0. The number of carbonyl (C=O) groups is 2. The number of hydrogen-bond acceptors (Lipinski definition) is 3. The van der Waals surface area contributed by atoms with E-state index in [-0.39, 0.29) is 11.8 Å². The molecule has 0 unspecified atom stereocenters. The van der Waals surface area contributed by atoms with Crippen molar-refractivity contribution < 1.29 is 14.7 Å². The Morgan fingerprint density at radius 2 is 2.14 bits per heavy atom. The van der Waals surface area contributed by atoms with Gasteiger partial charge in [-0.3, -0.25) is 14.6 Å². The summed E-state index contributed by atoms with van der Waals surface area (Å²) >= 11 is 0. The molecule has 2 heterocycles. The van der Waals surface area contributed by atoms with Crippen LogP contribution in [0.25, 0.3) is 0 Å². The predicted octanol–water partition coefficient (Wildman–Crippen LogP) is 2.29. The van der Waals surface area contributed by atoms with Gasteiger partial charge in [-0.25, -0.2) is 0 Å². The van der Waals surface area contributed by atoms with Crippen LogP contribution in [0.5, 0.6) is 0 Å². The molecule has 116 valence electrons. The first-order chi connectivity index (χ1) is 10.6. The molecule has 5 nitrogen and oxygen atoms in total. The van der Waals surface area contributed by atoms with Crippen LogP contribution in [0.15, 0.2) is 18.3 Å². The Morgan fingerprint density at radius 1 is 1.32 bits per heavy atom. The van der Waals surface area contributed by atoms with E-state index in [0.717, 1.165) is 31.4 Å². The molecule has 22 heavy (non-hydrogen) atoms. The van der Waals surface area contributed by atoms with Crippen LogP contribution >= 0.6 is 0 Å². The molecule has 1 N–H and O–H groups in total. The van der Waals surface area contributed by atoms with Crippen LogP contribution in [-0.4, -0.2) is 40.0 Å².